The Balaban J connectivity index is 0.00000338. The zero-order valence-electron chi connectivity index (χ0n) is 15.0. The number of benzene rings is 1. The summed E-state index contributed by atoms with van der Waals surface area (Å²) in [6.07, 6.45) is 4.09. The first-order valence-electron chi connectivity index (χ1n) is 8.19. The highest BCUT2D eigenvalue weighted by Crippen LogP contribution is 2.32. The molecule has 0 unspecified atom stereocenters. The topological polar surface area (TPSA) is 54.9 Å². The Morgan fingerprint density at radius 1 is 1.31 bits per heavy atom. The highest BCUT2D eigenvalue weighted by atomic mass is 127. The third-order valence-electron chi connectivity index (χ3n) is 4.27. The fourth-order valence-electron chi connectivity index (χ4n) is 2.70. The van der Waals surface area contributed by atoms with E-state index in [1.165, 1.54) is 6.07 Å². The van der Waals surface area contributed by atoms with E-state index in [1.54, 1.807) is 25.2 Å². The summed E-state index contributed by atoms with van der Waals surface area (Å²) in [5, 5.41) is 6.49. The van der Waals surface area contributed by atoms with Crippen LogP contribution in [0.5, 0.6) is 5.75 Å². The second-order valence-corrected chi connectivity index (χ2v) is 7.04. The molecule has 1 saturated heterocycles. The van der Waals surface area contributed by atoms with Gasteiger partial charge in [0.15, 0.2) is 5.96 Å². The molecule has 2 N–H and O–H groups in total. The highest BCUT2D eigenvalue weighted by molar-refractivity contribution is 14.0. The van der Waals surface area contributed by atoms with E-state index in [0.717, 1.165) is 32.6 Å². The van der Waals surface area contributed by atoms with E-state index in [4.69, 9.17) is 4.74 Å². The minimum atomic E-state index is -2.84. The first-order valence-corrected chi connectivity index (χ1v) is 9.41. The Morgan fingerprint density at radius 3 is 2.62 bits per heavy atom. The van der Waals surface area contributed by atoms with Crippen molar-refractivity contribution in [3.63, 3.8) is 0 Å². The van der Waals surface area contributed by atoms with E-state index in [9.17, 15) is 8.78 Å². The summed E-state index contributed by atoms with van der Waals surface area (Å²) in [6, 6.07) is 6.74. The summed E-state index contributed by atoms with van der Waals surface area (Å²) < 4.78 is 35.1. The average Bonchev–Trinajstić information content (AvgIpc) is 2.63. The normalized spacial score (nSPS) is 16.7. The molecular weight excluding hydrogens is 475 g/mol. The molecule has 0 spiro atoms. The van der Waals surface area contributed by atoms with Gasteiger partial charge in [-0.3, -0.25) is 4.99 Å². The number of alkyl halides is 2. The van der Waals surface area contributed by atoms with Crippen LogP contribution in [0.1, 0.15) is 18.4 Å². The van der Waals surface area contributed by atoms with Gasteiger partial charge in [-0.15, -0.1) is 24.0 Å². The molecule has 1 aromatic rings. The Labute approximate surface area is 174 Å². The molecule has 1 fully saturated rings. The summed E-state index contributed by atoms with van der Waals surface area (Å²) in [4.78, 5) is 4.21. The maximum atomic E-state index is 12.5. The van der Waals surface area contributed by atoms with Gasteiger partial charge >= 0.3 is 6.61 Å². The molecule has 0 radical (unpaired) electrons. The van der Waals surface area contributed by atoms with E-state index in [2.05, 4.69) is 26.6 Å². The van der Waals surface area contributed by atoms with Crippen molar-refractivity contribution >= 4 is 41.7 Å². The van der Waals surface area contributed by atoms with Crippen molar-refractivity contribution in [1.82, 2.24) is 10.6 Å². The van der Waals surface area contributed by atoms with Crippen LogP contribution in [0.25, 0.3) is 0 Å². The van der Waals surface area contributed by atoms with Crippen molar-refractivity contribution in [3.05, 3.63) is 29.8 Å². The lowest BCUT2D eigenvalue weighted by Crippen LogP contribution is -2.47. The minimum Gasteiger partial charge on any atom is -0.434 e. The van der Waals surface area contributed by atoms with Gasteiger partial charge in [0.1, 0.15) is 5.75 Å². The number of ether oxygens (including phenoxy) is 2. The van der Waals surface area contributed by atoms with E-state index >= 15 is 0 Å². The van der Waals surface area contributed by atoms with Crippen LogP contribution in [0, 0.1) is 0 Å². The number of thioether (sulfide) groups is 1. The van der Waals surface area contributed by atoms with Crippen molar-refractivity contribution in [3.8, 4) is 5.75 Å². The van der Waals surface area contributed by atoms with E-state index < -0.39 is 6.61 Å². The summed E-state index contributed by atoms with van der Waals surface area (Å²) >= 11 is 1.84. The van der Waals surface area contributed by atoms with Crippen LogP contribution in [0.4, 0.5) is 8.78 Å². The fourth-order valence-corrected chi connectivity index (χ4v) is 3.49. The Bertz CT molecular complexity index is 573. The van der Waals surface area contributed by atoms with Crippen LogP contribution in [0.15, 0.2) is 29.3 Å². The smallest absolute Gasteiger partial charge is 0.387 e. The Morgan fingerprint density at radius 2 is 2.00 bits per heavy atom. The maximum absolute atomic E-state index is 12.5. The largest absolute Gasteiger partial charge is 0.434 e. The number of aliphatic imine (C=N–C) groups is 1. The average molecular weight is 501 g/mol. The molecule has 0 atom stereocenters. The van der Waals surface area contributed by atoms with Gasteiger partial charge < -0.3 is 20.1 Å². The number of hydrogen-bond acceptors (Lipinski definition) is 4. The van der Waals surface area contributed by atoms with E-state index in [-0.39, 0.29) is 34.5 Å². The van der Waals surface area contributed by atoms with Gasteiger partial charge in [-0.25, -0.2) is 0 Å². The first kappa shape index (κ1) is 23.2. The van der Waals surface area contributed by atoms with Crippen molar-refractivity contribution in [2.24, 2.45) is 4.99 Å². The van der Waals surface area contributed by atoms with E-state index in [1.807, 2.05) is 11.8 Å². The second-order valence-electron chi connectivity index (χ2n) is 5.77. The Kier molecular flexibility index (Phi) is 10.6. The second kappa shape index (κ2) is 11.8. The first-order chi connectivity index (χ1) is 12.1. The lowest BCUT2D eigenvalue weighted by Gasteiger charge is -2.36. The fraction of sp³-hybridized carbons (Fsp3) is 0.588. The third-order valence-corrected chi connectivity index (χ3v) is 5.69. The minimum absolute atomic E-state index is 0. The summed E-state index contributed by atoms with van der Waals surface area (Å²) in [5.41, 5.74) is 0.649. The number of nitrogens with one attached hydrogen (secondary N) is 2. The number of guanidine groups is 1. The van der Waals surface area contributed by atoms with Gasteiger partial charge in [0.25, 0.3) is 0 Å². The molecule has 1 heterocycles. The quantitative estimate of drug-likeness (QED) is 0.341. The summed E-state index contributed by atoms with van der Waals surface area (Å²) in [6.45, 7) is -0.182. The van der Waals surface area contributed by atoms with Crippen molar-refractivity contribution in [1.29, 1.82) is 0 Å². The number of hydrogen-bond donors (Lipinski definition) is 2. The van der Waals surface area contributed by atoms with Crippen LogP contribution in [0.3, 0.4) is 0 Å². The van der Waals surface area contributed by atoms with E-state index in [0.29, 0.717) is 18.1 Å². The third kappa shape index (κ3) is 7.07. The molecule has 0 saturated carbocycles. The Hall–Kier alpha value is -0.810. The van der Waals surface area contributed by atoms with Crippen LogP contribution in [-0.2, 0) is 11.3 Å². The molecule has 148 valence electrons. The molecule has 1 aliphatic rings. The maximum Gasteiger partial charge on any atom is 0.387 e. The molecule has 26 heavy (non-hydrogen) atoms. The van der Waals surface area contributed by atoms with Gasteiger partial charge in [-0.1, -0.05) is 18.2 Å². The zero-order chi connectivity index (χ0) is 18.1. The van der Waals surface area contributed by atoms with Crippen LogP contribution < -0.4 is 15.4 Å². The number of nitrogens with zero attached hydrogens (tertiary/aromatic N) is 1. The molecule has 5 nitrogen and oxygen atoms in total. The SMILES string of the molecule is CN=C(NCc1ccccc1OC(F)F)NCC1(SC)CCOCC1.I. The van der Waals surface area contributed by atoms with Gasteiger partial charge in [-0.2, -0.15) is 20.5 Å². The van der Waals surface area contributed by atoms with Gasteiger partial charge in [-0.05, 0) is 25.2 Å². The van der Waals surface area contributed by atoms with Crippen molar-refractivity contribution < 1.29 is 18.3 Å². The number of rotatable bonds is 7. The molecule has 1 aliphatic heterocycles. The predicted molar refractivity (Wildman–Crippen MR) is 113 cm³/mol. The molecule has 0 aromatic heterocycles. The summed E-state index contributed by atoms with van der Waals surface area (Å²) in [7, 11) is 1.69. The lowest BCUT2D eigenvalue weighted by molar-refractivity contribution is -0.0504. The van der Waals surface area contributed by atoms with Crippen molar-refractivity contribution in [2.75, 3.05) is 33.1 Å². The molecule has 0 amide bonds. The molecule has 0 aliphatic carbocycles. The predicted octanol–water partition coefficient (Wildman–Crippen LogP) is 3.48. The van der Waals surface area contributed by atoms with Crippen molar-refractivity contribution in [2.45, 2.75) is 30.7 Å². The molecule has 1 aromatic carbocycles. The van der Waals surface area contributed by atoms with Crippen LogP contribution in [-0.4, -0.2) is 50.4 Å². The highest BCUT2D eigenvalue weighted by Gasteiger charge is 2.31. The molecule has 2 rings (SSSR count). The van der Waals surface area contributed by atoms with Gasteiger partial charge in [0.05, 0.1) is 0 Å². The molecule has 9 heteroatoms. The van der Waals surface area contributed by atoms with Crippen LogP contribution in [0.2, 0.25) is 0 Å². The standard InChI is InChI=1S/C17H25F2N3O2S.HI/c1-20-16(22-12-17(25-2)7-9-23-10-8-17)21-11-13-5-3-4-6-14(13)24-15(18)19;/h3-6,15H,7-12H2,1-2H3,(H2,20,21,22);1H. The number of halogens is 3. The van der Waals surface area contributed by atoms with Gasteiger partial charge in [0.2, 0.25) is 0 Å². The van der Waals surface area contributed by atoms with Gasteiger partial charge in [0, 0.05) is 43.7 Å². The molecular formula is C17H26F2IN3O2S. The molecule has 0 bridgehead atoms. The zero-order valence-corrected chi connectivity index (χ0v) is 18.1. The number of para-hydroxylation sites is 1. The van der Waals surface area contributed by atoms with Crippen LogP contribution >= 0.6 is 35.7 Å². The monoisotopic (exact) mass is 501 g/mol. The summed E-state index contributed by atoms with van der Waals surface area (Å²) in [5.74, 6) is 0.803. The lowest BCUT2D eigenvalue weighted by atomic mass is 9.99.